The van der Waals surface area contributed by atoms with Gasteiger partial charge in [0.1, 0.15) is 0 Å². The fraction of sp³-hybridized carbons (Fsp3) is 0. The van der Waals surface area contributed by atoms with Gasteiger partial charge in [-0.3, -0.25) is 14.4 Å². The highest BCUT2D eigenvalue weighted by Gasteiger charge is 2.17. The second-order valence-corrected chi connectivity index (χ2v) is 6.51. The first-order valence-electron chi connectivity index (χ1n) is 8.88. The normalized spacial score (nSPS) is 10.4. The van der Waals surface area contributed by atoms with E-state index in [-0.39, 0.29) is 11.3 Å². The van der Waals surface area contributed by atoms with Crippen LogP contribution in [0.5, 0.6) is 0 Å². The lowest BCUT2D eigenvalue weighted by Gasteiger charge is -2.11. The molecule has 0 fully saturated rings. The summed E-state index contributed by atoms with van der Waals surface area (Å²) < 4.78 is 0. The van der Waals surface area contributed by atoms with Crippen molar-refractivity contribution in [2.75, 3.05) is 10.6 Å². The molecule has 0 atom stereocenters. The van der Waals surface area contributed by atoms with Crippen LogP contribution in [0, 0.1) is 0 Å². The molecule has 0 bridgehead atoms. The number of benzene rings is 3. The number of nitrogens with zero attached hydrogens (tertiary/aromatic N) is 1. The van der Waals surface area contributed by atoms with E-state index in [1.165, 1.54) is 12.3 Å². The van der Waals surface area contributed by atoms with Crippen molar-refractivity contribution in [1.82, 2.24) is 5.43 Å². The number of hydrogen-bond acceptors (Lipinski definition) is 4. The van der Waals surface area contributed by atoms with Crippen molar-refractivity contribution >= 4 is 46.9 Å². The van der Waals surface area contributed by atoms with Crippen LogP contribution in [0.25, 0.3) is 0 Å². The lowest BCUT2D eigenvalue weighted by Crippen LogP contribution is -2.33. The Morgan fingerprint density at radius 1 is 0.800 bits per heavy atom. The van der Waals surface area contributed by atoms with Crippen LogP contribution in [0.1, 0.15) is 15.9 Å². The van der Waals surface area contributed by atoms with Gasteiger partial charge in [-0.1, -0.05) is 54.1 Å². The molecule has 0 saturated carbocycles. The highest BCUT2D eigenvalue weighted by Crippen LogP contribution is 2.17. The van der Waals surface area contributed by atoms with Gasteiger partial charge in [0.15, 0.2) is 0 Å². The maximum absolute atomic E-state index is 12.5. The van der Waals surface area contributed by atoms with Crippen LogP contribution in [0.15, 0.2) is 84.0 Å². The van der Waals surface area contributed by atoms with Crippen LogP contribution in [0.2, 0.25) is 5.02 Å². The standard InChI is InChI=1S/C22H17ClN4O3/c23-16-8-6-7-15(13-16)14-24-27-22(30)21(29)26-19-12-5-4-11-18(19)20(28)25-17-9-2-1-3-10-17/h1-14H,(H,25,28)(H,26,29)(H,27,30)/b24-14+. The van der Waals surface area contributed by atoms with Crippen molar-refractivity contribution < 1.29 is 14.4 Å². The molecule has 0 unspecified atom stereocenters. The minimum atomic E-state index is -0.980. The summed E-state index contributed by atoms with van der Waals surface area (Å²) in [5, 5.41) is 9.42. The molecule has 0 saturated heterocycles. The topological polar surface area (TPSA) is 99.7 Å². The Morgan fingerprint density at radius 3 is 2.30 bits per heavy atom. The third-order valence-corrected chi connectivity index (χ3v) is 4.12. The zero-order valence-electron chi connectivity index (χ0n) is 15.6. The van der Waals surface area contributed by atoms with E-state index in [4.69, 9.17) is 11.6 Å². The summed E-state index contributed by atoms with van der Waals surface area (Å²) in [6.45, 7) is 0. The van der Waals surface area contributed by atoms with Crippen LogP contribution in [-0.2, 0) is 9.59 Å². The first-order valence-corrected chi connectivity index (χ1v) is 9.26. The summed E-state index contributed by atoms with van der Waals surface area (Å²) in [6.07, 6.45) is 1.36. The molecule has 8 heteroatoms. The van der Waals surface area contributed by atoms with Gasteiger partial charge in [0.05, 0.1) is 17.5 Å². The Hall–Kier alpha value is -3.97. The van der Waals surface area contributed by atoms with Crippen molar-refractivity contribution in [3.8, 4) is 0 Å². The molecule has 3 aromatic rings. The minimum absolute atomic E-state index is 0.199. The molecule has 150 valence electrons. The number of amides is 3. The third-order valence-electron chi connectivity index (χ3n) is 3.89. The van der Waals surface area contributed by atoms with E-state index in [1.807, 2.05) is 6.07 Å². The van der Waals surface area contributed by atoms with Gasteiger partial charge >= 0.3 is 11.8 Å². The van der Waals surface area contributed by atoms with E-state index in [0.29, 0.717) is 16.3 Å². The molecule has 0 aliphatic carbocycles. The Balaban J connectivity index is 1.63. The van der Waals surface area contributed by atoms with Crippen molar-refractivity contribution in [2.24, 2.45) is 5.10 Å². The first kappa shape index (κ1) is 20.8. The van der Waals surface area contributed by atoms with Gasteiger partial charge < -0.3 is 10.6 Å². The Labute approximate surface area is 177 Å². The summed E-state index contributed by atoms with van der Waals surface area (Å²) in [6, 6.07) is 22.1. The van der Waals surface area contributed by atoms with Crippen molar-refractivity contribution in [1.29, 1.82) is 0 Å². The van der Waals surface area contributed by atoms with Crippen LogP contribution < -0.4 is 16.1 Å². The SMILES string of the molecule is O=C(N/N=C/c1cccc(Cl)c1)C(=O)Nc1ccccc1C(=O)Nc1ccccc1. The second-order valence-electron chi connectivity index (χ2n) is 6.07. The number of hydrazone groups is 1. The van der Waals surface area contributed by atoms with Gasteiger partial charge in [-0.25, -0.2) is 5.43 Å². The van der Waals surface area contributed by atoms with Gasteiger partial charge in [0.25, 0.3) is 5.91 Å². The molecule has 3 rings (SSSR count). The number of rotatable bonds is 5. The maximum atomic E-state index is 12.5. The number of para-hydroxylation sites is 2. The molecule has 3 amide bonds. The maximum Gasteiger partial charge on any atom is 0.329 e. The van der Waals surface area contributed by atoms with Crippen molar-refractivity contribution in [3.05, 3.63) is 95.0 Å². The summed E-state index contributed by atoms with van der Waals surface area (Å²) in [5.41, 5.74) is 3.81. The van der Waals surface area contributed by atoms with E-state index in [1.54, 1.807) is 66.7 Å². The molecule has 0 aliphatic heterocycles. The van der Waals surface area contributed by atoms with E-state index < -0.39 is 17.7 Å². The van der Waals surface area contributed by atoms with Crippen LogP contribution in [0.3, 0.4) is 0 Å². The zero-order chi connectivity index (χ0) is 21.3. The van der Waals surface area contributed by atoms with Gasteiger partial charge in [0.2, 0.25) is 0 Å². The predicted molar refractivity (Wildman–Crippen MR) is 117 cm³/mol. The fourth-order valence-electron chi connectivity index (χ4n) is 2.49. The van der Waals surface area contributed by atoms with Crippen LogP contribution in [-0.4, -0.2) is 23.9 Å². The Kier molecular flexibility index (Phi) is 6.91. The molecule has 0 radical (unpaired) electrons. The van der Waals surface area contributed by atoms with Crippen LogP contribution >= 0.6 is 11.6 Å². The largest absolute Gasteiger partial charge is 0.329 e. The van der Waals surface area contributed by atoms with E-state index in [0.717, 1.165) is 0 Å². The first-order chi connectivity index (χ1) is 14.5. The van der Waals surface area contributed by atoms with Crippen molar-refractivity contribution in [2.45, 2.75) is 0 Å². The summed E-state index contributed by atoms with van der Waals surface area (Å²) in [7, 11) is 0. The van der Waals surface area contributed by atoms with E-state index >= 15 is 0 Å². The smallest absolute Gasteiger partial charge is 0.322 e. The van der Waals surface area contributed by atoms with E-state index in [2.05, 4.69) is 21.2 Å². The van der Waals surface area contributed by atoms with Gasteiger partial charge in [-0.15, -0.1) is 0 Å². The minimum Gasteiger partial charge on any atom is -0.322 e. The summed E-state index contributed by atoms with van der Waals surface area (Å²) in [5.74, 6) is -2.36. The molecule has 0 aliphatic rings. The predicted octanol–water partition coefficient (Wildman–Crippen LogP) is 3.68. The number of carbonyl (C=O) groups excluding carboxylic acids is 3. The monoisotopic (exact) mass is 420 g/mol. The molecule has 0 spiro atoms. The van der Waals surface area contributed by atoms with Crippen molar-refractivity contribution in [3.63, 3.8) is 0 Å². The lowest BCUT2D eigenvalue weighted by molar-refractivity contribution is -0.136. The molecular formula is C22H17ClN4O3. The molecule has 0 heterocycles. The third kappa shape index (κ3) is 5.76. The number of nitrogens with one attached hydrogen (secondary N) is 3. The fourth-order valence-corrected chi connectivity index (χ4v) is 2.69. The molecule has 3 aromatic carbocycles. The molecule has 0 aromatic heterocycles. The Bertz CT molecular complexity index is 1100. The van der Waals surface area contributed by atoms with Gasteiger partial charge in [-0.2, -0.15) is 5.10 Å². The number of halogens is 1. The summed E-state index contributed by atoms with van der Waals surface area (Å²) in [4.78, 5) is 36.8. The average Bonchev–Trinajstić information content (AvgIpc) is 2.74. The Morgan fingerprint density at radius 2 is 1.53 bits per heavy atom. The van der Waals surface area contributed by atoms with Crippen LogP contribution in [0.4, 0.5) is 11.4 Å². The number of hydrogen-bond donors (Lipinski definition) is 3. The lowest BCUT2D eigenvalue weighted by atomic mass is 10.1. The zero-order valence-corrected chi connectivity index (χ0v) is 16.4. The average molecular weight is 421 g/mol. The highest BCUT2D eigenvalue weighted by atomic mass is 35.5. The quantitative estimate of drug-likeness (QED) is 0.333. The molecular weight excluding hydrogens is 404 g/mol. The van der Waals surface area contributed by atoms with Gasteiger partial charge in [0, 0.05) is 10.7 Å². The number of anilines is 2. The number of carbonyl (C=O) groups is 3. The molecule has 7 nitrogen and oxygen atoms in total. The summed E-state index contributed by atoms with van der Waals surface area (Å²) >= 11 is 5.87. The van der Waals surface area contributed by atoms with Gasteiger partial charge in [-0.05, 0) is 42.0 Å². The molecule has 3 N–H and O–H groups in total. The molecule has 30 heavy (non-hydrogen) atoms. The second kappa shape index (κ2) is 9.99. The van der Waals surface area contributed by atoms with E-state index in [9.17, 15) is 14.4 Å². The highest BCUT2D eigenvalue weighted by molar-refractivity contribution is 6.40.